The van der Waals surface area contributed by atoms with E-state index in [1.165, 1.54) is 26.3 Å². The lowest BCUT2D eigenvalue weighted by molar-refractivity contribution is -0.152. The summed E-state index contributed by atoms with van der Waals surface area (Å²) in [5, 5.41) is 4.91. The molecule has 0 saturated heterocycles. The van der Waals surface area contributed by atoms with Crippen LogP contribution in [0, 0.1) is 0 Å². The number of amides is 1. The number of methoxy groups -OCH3 is 1. The minimum Gasteiger partial charge on any atom is -0.493 e. The Labute approximate surface area is 215 Å². The molecule has 37 heavy (non-hydrogen) atoms. The average Bonchev–Trinajstić information content (AvgIpc) is 3.70. The van der Waals surface area contributed by atoms with Crippen LogP contribution in [0.25, 0.3) is 10.8 Å². The van der Waals surface area contributed by atoms with Gasteiger partial charge in [0.1, 0.15) is 12.1 Å². The third kappa shape index (κ3) is 5.50. The Kier molecular flexibility index (Phi) is 7.61. The maximum absolute atomic E-state index is 13.0. The Morgan fingerprint density at radius 3 is 2.49 bits per heavy atom. The summed E-state index contributed by atoms with van der Waals surface area (Å²) in [6.45, 7) is 4.25. The zero-order valence-electron chi connectivity index (χ0n) is 21.3. The van der Waals surface area contributed by atoms with Crippen molar-refractivity contribution in [1.29, 1.82) is 0 Å². The Bertz CT molecular complexity index is 1310. The molecule has 2 atom stereocenters. The van der Waals surface area contributed by atoms with Gasteiger partial charge < -0.3 is 24.3 Å². The van der Waals surface area contributed by atoms with Crippen molar-refractivity contribution < 1.29 is 33.3 Å². The standard InChI is InChI=1S/C28H30N2O7/c1-17(30-26(32)24-25(36-16-35-19(3)31)23(34-4)12-15-29-24)27(33)37-18(2)28(13-14-28)22-11-7-9-20-8-5-6-10-21(20)22/h5-12,15,17-18H,13-14,16H2,1-4H3,(H,30,32). The van der Waals surface area contributed by atoms with Crippen molar-refractivity contribution >= 4 is 28.6 Å². The summed E-state index contributed by atoms with van der Waals surface area (Å²) in [7, 11) is 1.40. The molecule has 9 heteroatoms. The SMILES string of the molecule is COc1ccnc(C(=O)NC(C)C(=O)OC(C)C2(c3cccc4ccccc34)CC2)c1OCOC(C)=O. The fourth-order valence-corrected chi connectivity index (χ4v) is 4.47. The second-order valence-corrected chi connectivity index (χ2v) is 9.05. The van der Waals surface area contributed by atoms with Crippen LogP contribution in [0.15, 0.2) is 54.7 Å². The highest BCUT2D eigenvalue weighted by atomic mass is 16.7. The molecule has 1 heterocycles. The molecule has 2 aromatic carbocycles. The first-order chi connectivity index (χ1) is 17.8. The summed E-state index contributed by atoms with van der Waals surface area (Å²) in [6, 6.07) is 14.9. The topological polar surface area (TPSA) is 113 Å². The molecule has 3 aromatic rings. The van der Waals surface area contributed by atoms with Gasteiger partial charge in [-0.2, -0.15) is 0 Å². The number of nitrogens with one attached hydrogen (secondary N) is 1. The lowest BCUT2D eigenvalue weighted by atomic mass is 9.87. The first-order valence-electron chi connectivity index (χ1n) is 12.1. The molecule has 0 radical (unpaired) electrons. The fraction of sp³-hybridized carbons (Fsp3) is 0.357. The number of fused-ring (bicyclic) bond motifs is 1. The predicted molar refractivity (Wildman–Crippen MR) is 135 cm³/mol. The predicted octanol–water partition coefficient (Wildman–Crippen LogP) is 3.92. The lowest BCUT2D eigenvalue weighted by Gasteiger charge is -2.27. The van der Waals surface area contributed by atoms with Crippen molar-refractivity contribution in [3.8, 4) is 11.5 Å². The summed E-state index contributed by atoms with van der Waals surface area (Å²) >= 11 is 0. The summed E-state index contributed by atoms with van der Waals surface area (Å²) in [4.78, 5) is 41.1. The summed E-state index contributed by atoms with van der Waals surface area (Å²) in [6.07, 6.45) is 2.81. The molecule has 2 unspecified atom stereocenters. The third-order valence-corrected chi connectivity index (χ3v) is 6.66. The van der Waals surface area contributed by atoms with Gasteiger partial charge in [0.2, 0.25) is 6.79 Å². The number of pyridine rings is 1. The number of rotatable bonds is 10. The maximum Gasteiger partial charge on any atom is 0.328 e. The van der Waals surface area contributed by atoms with Crippen molar-refractivity contribution in [3.63, 3.8) is 0 Å². The second kappa shape index (κ2) is 10.9. The van der Waals surface area contributed by atoms with E-state index >= 15 is 0 Å². The van der Waals surface area contributed by atoms with Gasteiger partial charge >= 0.3 is 11.9 Å². The number of ether oxygens (including phenoxy) is 4. The van der Waals surface area contributed by atoms with Crippen molar-refractivity contribution in [2.45, 2.75) is 51.2 Å². The van der Waals surface area contributed by atoms with Crippen LogP contribution in [0.1, 0.15) is 49.7 Å². The summed E-state index contributed by atoms with van der Waals surface area (Å²) < 4.78 is 21.3. The second-order valence-electron chi connectivity index (χ2n) is 9.05. The molecule has 9 nitrogen and oxygen atoms in total. The van der Waals surface area contributed by atoms with Gasteiger partial charge in [-0.05, 0) is 43.0 Å². The largest absolute Gasteiger partial charge is 0.493 e. The van der Waals surface area contributed by atoms with Crippen LogP contribution < -0.4 is 14.8 Å². The monoisotopic (exact) mass is 506 g/mol. The highest BCUT2D eigenvalue weighted by Gasteiger charge is 2.51. The number of benzene rings is 2. The van der Waals surface area contributed by atoms with Crippen molar-refractivity contribution in [3.05, 3.63) is 66.0 Å². The van der Waals surface area contributed by atoms with E-state index in [9.17, 15) is 14.4 Å². The molecule has 1 amide bonds. The number of aromatic nitrogens is 1. The highest BCUT2D eigenvalue weighted by molar-refractivity contribution is 5.98. The van der Waals surface area contributed by atoms with Crippen LogP contribution in [0.2, 0.25) is 0 Å². The van der Waals surface area contributed by atoms with Crippen molar-refractivity contribution in [1.82, 2.24) is 10.3 Å². The van der Waals surface area contributed by atoms with Crippen LogP contribution >= 0.6 is 0 Å². The first-order valence-corrected chi connectivity index (χ1v) is 12.1. The Morgan fingerprint density at radius 1 is 1.05 bits per heavy atom. The Morgan fingerprint density at radius 2 is 1.78 bits per heavy atom. The van der Waals surface area contributed by atoms with Crippen LogP contribution in [-0.2, 0) is 24.5 Å². The van der Waals surface area contributed by atoms with Crippen molar-refractivity contribution in [2.24, 2.45) is 0 Å². The van der Waals surface area contributed by atoms with Gasteiger partial charge in [-0.3, -0.25) is 9.59 Å². The third-order valence-electron chi connectivity index (χ3n) is 6.66. The van der Waals surface area contributed by atoms with Crippen LogP contribution in [0.4, 0.5) is 0 Å². The molecule has 0 aliphatic heterocycles. The van der Waals surface area contributed by atoms with Gasteiger partial charge in [0.15, 0.2) is 17.2 Å². The fourth-order valence-electron chi connectivity index (χ4n) is 4.47. The molecule has 1 aromatic heterocycles. The van der Waals surface area contributed by atoms with E-state index in [0.717, 1.165) is 29.2 Å². The van der Waals surface area contributed by atoms with Crippen LogP contribution in [0.5, 0.6) is 11.5 Å². The van der Waals surface area contributed by atoms with Gasteiger partial charge in [-0.1, -0.05) is 42.5 Å². The maximum atomic E-state index is 13.0. The van der Waals surface area contributed by atoms with Crippen molar-refractivity contribution in [2.75, 3.05) is 13.9 Å². The van der Waals surface area contributed by atoms with E-state index in [4.69, 9.17) is 18.9 Å². The van der Waals surface area contributed by atoms with Gasteiger partial charge in [0.05, 0.1) is 7.11 Å². The molecule has 1 N–H and O–H groups in total. The number of hydrogen-bond donors (Lipinski definition) is 1. The van der Waals surface area contributed by atoms with Gasteiger partial charge in [0, 0.05) is 24.6 Å². The summed E-state index contributed by atoms with van der Waals surface area (Å²) in [5.41, 5.74) is 0.790. The van der Waals surface area contributed by atoms with E-state index < -0.39 is 30.7 Å². The van der Waals surface area contributed by atoms with Crippen LogP contribution in [0.3, 0.4) is 0 Å². The quantitative estimate of drug-likeness (QED) is 0.325. The molecular formula is C28H30N2O7. The molecule has 1 aliphatic rings. The minimum absolute atomic E-state index is 0.00873. The molecule has 1 fully saturated rings. The molecule has 4 rings (SSSR count). The molecule has 0 spiro atoms. The van der Waals surface area contributed by atoms with E-state index in [0.29, 0.717) is 0 Å². The molecule has 0 bridgehead atoms. The van der Waals surface area contributed by atoms with E-state index in [1.54, 1.807) is 6.92 Å². The van der Waals surface area contributed by atoms with Gasteiger partial charge in [-0.15, -0.1) is 0 Å². The zero-order valence-corrected chi connectivity index (χ0v) is 21.3. The lowest BCUT2D eigenvalue weighted by Crippen LogP contribution is -2.42. The number of esters is 2. The number of carbonyl (C=O) groups is 3. The number of hydrogen-bond acceptors (Lipinski definition) is 8. The number of nitrogens with zero attached hydrogens (tertiary/aromatic N) is 1. The smallest absolute Gasteiger partial charge is 0.328 e. The van der Waals surface area contributed by atoms with E-state index in [1.807, 2.05) is 25.1 Å². The van der Waals surface area contributed by atoms with Gasteiger partial charge in [-0.25, -0.2) is 9.78 Å². The molecular weight excluding hydrogens is 476 g/mol. The first kappa shape index (κ1) is 25.9. The van der Waals surface area contributed by atoms with E-state index in [2.05, 4.69) is 34.6 Å². The summed E-state index contributed by atoms with van der Waals surface area (Å²) in [5.74, 6) is -1.55. The molecule has 1 aliphatic carbocycles. The molecule has 194 valence electrons. The normalized spacial score (nSPS) is 15.2. The molecule has 1 saturated carbocycles. The highest BCUT2D eigenvalue weighted by Crippen LogP contribution is 2.53. The number of carbonyl (C=O) groups excluding carboxylic acids is 3. The zero-order chi connectivity index (χ0) is 26.6. The van der Waals surface area contributed by atoms with Gasteiger partial charge in [0.25, 0.3) is 5.91 Å². The van der Waals surface area contributed by atoms with Crippen LogP contribution in [-0.4, -0.2) is 48.9 Å². The average molecular weight is 507 g/mol. The minimum atomic E-state index is -0.951. The van der Waals surface area contributed by atoms with E-state index in [-0.39, 0.29) is 28.7 Å². The Hall–Kier alpha value is -4.14. The Balaban J connectivity index is 1.45.